The molecule has 4 aromatic rings. The summed E-state index contributed by atoms with van der Waals surface area (Å²) in [4.78, 5) is 23.0. The predicted octanol–water partition coefficient (Wildman–Crippen LogP) is 8.17. The lowest BCUT2D eigenvalue weighted by molar-refractivity contribution is 0.0475. The molecule has 1 fully saturated rings. The second-order valence-corrected chi connectivity index (χ2v) is 12.9. The molecule has 2 heterocycles. The summed E-state index contributed by atoms with van der Waals surface area (Å²) < 4.78 is 11.4. The molecule has 1 aliphatic rings. The molecule has 1 aliphatic heterocycles. The Balaban J connectivity index is 1.29. The number of anilines is 1. The van der Waals surface area contributed by atoms with Crippen molar-refractivity contribution in [3.8, 4) is 11.3 Å². The van der Waals surface area contributed by atoms with Crippen LogP contribution >= 0.6 is 22.9 Å². The van der Waals surface area contributed by atoms with Gasteiger partial charge in [-0.1, -0.05) is 115 Å². The van der Waals surface area contributed by atoms with Crippen molar-refractivity contribution in [2.24, 2.45) is 0 Å². The van der Waals surface area contributed by atoms with Gasteiger partial charge in [-0.3, -0.25) is 10.2 Å². The number of rotatable bonds is 14. The number of nitrogens with zero attached hydrogens (tertiary/aromatic N) is 3. The van der Waals surface area contributed by atoms with E-state index in [-0.39, 0.29) is 18.0 Å². The number of carbonyl (C=O) groups excluding carboxylic acids is 1. The van der Waals surface area contributed by atoms with Gasteiger partial charge in [0, 0.05) is 57.5 Å². The molecule has 0 unspecified atom stereocenters. The average molecular weight is 647 g/mol. The van der Waals surface area contributed by atoms with Crippen molar-refractivity contribution < 1.29 is 14.3 Å². The maximum atomic E-state index is 13.9. The van der Waals surface area contributed by atoms with Gasteiger partial charge in [0.2, 0.25) is 0 Å². The number of halogens is 1. The van der Waals surface area contributed by atoms with Crippen LogP contribution in [0.15, 0.2) is 84.9 Å². The standard InChI is InChI=1S/C36H43ClN4O3S/c1-3-40(22-25-43-2)26-27-14-16-30(17-15-27)33-34(37)45-35(38-33)39-36(42)41(31-19-23-44-24-20-31)21-18-32(28-10-6-4-7-11-28)29-12-8-5-9-13-29/h4-17,31-32H,3,18-26H2,1-2H3,(H,38,39,42). The Morgan fingerprint density at radius 1 is 1.00 bits per heavy atom. The smallest absolute Gasteiger partial charge is 0.323 e. The van der Waals surface area contributed by atoms with Crippen LogP contribution in [0.25, 0.3) is 11.3 Å². The summed E-state index contributed by atoms with van der Waals surface area (Å²) >= 11 is 7.98. The SMILES string of the molecule is CCN(CCOC)Cc1ccc(-c2nc(NC(=O)N(CCC(c3ccccc3)c3ccccc3)C3CCOCC3)sc2Cl)cc1. The molecule has 1 aromatic heterocycles. The molecule has 45 heavy (non-hydrogen) atoms. The minimum absolute atomic E-state index is 0.0972. The van der Waals surface area contributed by atoms with Crippen molar-refractivity contribution in [2.45, 2.75) is 44.7 Å². The first-order valence-electron chi connectivity index (χ1n) is 15.8. The van der Waals surface area contributed by atoms with E-state index in [2.05, 4.69) is 77.8 Å². The third kappa shape index (κ3) is 9.15. The number of amides is 2. The van der Waals surface area contributed by atoms with E-state index in [9.17, 15) is 4.79 Å². The quantitative estimate of drug-likeness (QED) is 0.150. The summed E-state index contributed by atoms with van der Waals surface area (Å²) in [5.41, 5.74) is 5.32. The highest BCUT2D eigenvalue weighted by Gasteiger charge is 2.28. The third-order valence-corrected chi connectivity index (χ3v) is 9.62. The van der Waals surface area contributed by atoms with Crippen molar-refractivity contribution in [2.75, 3.05) is 51.9 Å². The number of methoxy groups -OCH3 is 1. The highest BCUT2D eigenvalue weighted by Crippen LogP contribution is 2.36. The molecule has 0 atom stereocenters. The van der Waals surface area contributed by atoms with Gasteiger partial charge in [0.15, 0.2) is 5.13 Å². The Labute approximate surface area is 276 Å². The van der Waals surface area contributed by atoms with E-state index in [4.69, 9.17) is 26.1 Å². The van der Waals surface area contributed by atoms with Crippen molar-refractivity contribution in [1.29, 1.82) is 0 Å². The molecule has 7 nitrogen and oxygen atoms in total. The first-order valence-corrected chi connectivity index (χ1v) is 17.0. The van der Waals surface area contributed by atoms with Crippen molar-refractivity contribution >= 4 is 34.1 Å². The Bertz CT molecular complexity index is 1420. The fourth-order valence-corrected chi connectivity index (χ4v) is 6.98. The predicted molar refractivity (Wildman–Crippen MR) is 184 cm³/mol. The Morgan fingerprint density at radius 3 is 2.24 bits per heavy atom. The average Bonchev–Trinajstić information content (AvgIpc) is 3.45. The van der Waals surface area contributed by atoms with E-state index in [1.807, 2.05) is 29.2 Å². The lowest BCUT2D eigenvalue weighted by atomic mass is 9.88. The number of hydrogen-bond donors (Lipinski definition) is 1. The number of likely N-dealkylation sites (N-methyl/N-ethyl adjacent to an activating group) is 1. The maximum Gasteiger partial charge on any atom is 0.323 e. The van der Waals surface area contributed by atoms with E-state index < -0.39 is 0 Å². The minimum Gasteiger partial charge on any atom is -0.383 e. The number of nitrogens with one attached hydrogen (secondary N) is 1. The second kappa shape index (κ2) is 16.9. The normalized spacial score (nSPS) is 13.8. The number of benzene rings is 3. The first kappa shape index (κ1) is 33.1. The second-order valence-electron chi connectivity index (χ2n) is 11.3. The molecule has 0 radical (unpaired) electrons. The molecule has 9 heteroatoms. The summed E-state index contributed by atoms with van der Waals surface area (Å²) in [5.74, 6) is 0.177. The number of carbonyl (C=O) groups is 1. The highest BCUT2D eigenvalue weighted by molar-refractivity contribution is 7.20. The first-order chi connectivity index (χ1) is 22.1. The van der Waals surface area contributed by atoms with E-state index in [1.54, 1.807) is 7.11 Å². The van der Waals surface area contributed by atoms with Crippen LogP contribution in [0.4, 0.5) is 9.93 Å². The van der Waals surface area contributed by atoms with Gasteiger partial charge in [0.1, 0.15) is 10.0 Å². The van der Waals surface area contributed by atoms with Gasteiger partial charge in [0.05, 0.1) is 6.61 Å². The lowest BCUT2D eigenvalue weighted by Crippen LogP contribution is -2.46. The van der Waals surface area contributed by atoms with Crippen LogP contribution in [0, 0.1) is 0 Å². The van der Waals surface area contributed by atoms with Gasteiger partial charge in [-0.05, 0) is 42.5 Å². The van der Waals surface area contributed by atoms with Crippen LogP contribution in [-0.2, 0) is 16.0 Å². The fraction of sp³-hybridized carbons (Fsp3) is 0.389. The summed E-state index contributed by atoms with van der Waals surface area (Å²) in [5, 5.41) is 3.59. The third-order valence-electron chi connectivity index (χ3n) is 8.45. The van der Waals surface area contributed by atoms with Crippen molar-refractivity contribution in [3.05, 3.63) is 106 Å². The summed E-state index contributed by atoms with van der Waals surface area (Å²) in [6.45, 7) is 7.48. The number of urea groups is 1. The van der Waals surface area contributed by atoms with Crippen LogP contribution < -0.4 is 5.32 Å². The molecular weight excluding hydrogens is 604 g/mol. The molecule has 3 aromatic carbocycles. The Kier molecular flexibility index (Phi) is 12.4. The minimum atomic E-state index is -0.148. The molecule has 0 aliphatic carbocycles. The van der Waals surface area contributed by atoms with Gasteiger partial charge in [0.25, 0.3) is 0 Å². The molecule has 0 spiro atoms. The Morgan fingerprint density at radius 2 is 1.64 bits per heavy atom. The maximum absolute atomic E-state index is 13.9. The monoisotopic (exact) mass is 646 g/mol. The largest absolute Gasteiger partial charge is 0.383 e. The van der Waals surface area contributed by atoms with Crippen LogP contribution in [-0.4, -0.2) is 73.4 Å². The van der Waals surface area contributed by atoms with E-state index in [0.29, 0.717) is 41.5 Å². The number of ether oxygens (including phenoxy) is 2. The zero-order valence-corrected chi connectivity index (χ0v) is 27.7. The zero-order valence-electron chi connectivity index (χ0n) is 26.2. The molecule has 238 valence electrons. The van der Waals surface area contributed by atoms with Crippen molar-refractivity contribution in [1.82, 2.24) is 14.8 Å². The van der Waals surface area contributed by atoms with Gasteiger partial charge in [-0.2, -0.15) is 0 Å². The van der Waals surface area contributed by atoms with E-state index >= 15 is 0 Å². The van der Waals surface area contributed by atoms with E-state index in [1.165, 1.54) is 28.0 Å². The summed E-state index contributed by atoms with van der Waals surface area (Å²) in [7, 11) is 1.73. The molecule has 1 N–H and O–H groups in total. The van der Waals surface area contributed by atoms with Crippen LogP contribution in [0.5, 0.6) is 0 Å². The molecule has 2 amide bonds. The van der Waals surface area contributed by atoms with Crippen LogP contribution in [0.2, 0.25) is 4.34 Å². The fourth-order valence-electron chi connectivity index (χ4n) is 5.90. The van der Waals surface area contributed by atoms with Crippen LogP contribution in [0.3, 0.4) is 0 Å². The molecule has 0 saturated carbocycles. The molecule has 5 rings (SSSR count). The number of aromatic nitrogens is 1. The topological polar surface area (TPSA) is 66.9 Å². The number of hydrogen-bond acceptors (Lipinski definition) is 6. The van der Waals surface area contributed by atoms with Crippen LogP contribution in [0.1, 0.15) is 48.8 Å². The van der Waals surface area contributed by atoms with Gasteiger partial charge < -0.3 is 14.4 Å². The lowest BCUT2D eigenvalue weighted by Gasteiger charge is -2.35. The zero-order chi connectivity index (χ0) is 31.4. The van der Waals surface area contributed by atoms with E-state index in [0.717, 1.165) is 44.5 Å². The van der Waals surface area contributed by atoms with Crippen molar-refractivity contribution in [3.63, 3.8) is 0 Å². The summed E-state index contributed by atoms with van der Waals surface area (Å²) in [6, 6.07) is 29.3. The van der Waals surface area contributed by atoms with Gasteiger partial charge in [-0.25, -0.2) is 9.78 Å². The van der Waals surface area contributed by atoms with Gasteiger partial charge in [-0.15, -0.1) is 0 Å². The number of thiazole rings is 1. The highest BCUT2D eigenvalue weighted by atomic mass is 35.5. The molecule has 0 bridgehead atoms. The molecular formula is C36H43ClN4O3S. The Hall–Kier alpha value is -3.27. The molecule has 1 saturated heterocycles. The summed E-state index contributed by atoms with van der Waals surface area (Å²) in [6.07, 6.45) is 2.42. The van der Waals surface area contributed by atoms with Gasteiger partial charge >= 0.3 is 6.03 Å².